The van der Waals surface area contributed by atoms with Crippen molar-refractivity contribution in [2.24, 2.45) is 0 Å². The van der Waals surface area contributed by atoms with Crippen LogP contribution in [0.25, 0.3) is 0 Å². The van der Waals surface area contributed by atoms with Crippen LogP contribution in [0.2, 0.25) is 0 Å². The van der Waals surface area contributed by atoms with Crippen LogP contribution in [0.5, 0.6) is 5.75 Å². The highest BCUT2D eigenvalue weighted by atomic mass is 16.5. The van der Waals surface area contributed by atoms with E-state index in [2.05, 4.69) is 16.0 Å². The first-order valence-corrected chi connectivity index (χ1v) is 11.2. The number of nitrogens with one attached hydrogen (secondary N) is 3. The third-order valence-corrected chi connectivity index (χ3v) is 5.05. The maximum absolute atomic E-state index is 12.3. The molecule has 0 fully saturated rings. The molecule has 0 spiro atoms. The molecular formula is C27H29N3O4. The molecule has 0 unspecified atom stereocenters. The van der Waals surface area contributed by atoms with Crippen molar-refractivity contribution >= 4 is 23.4 Å². The molecule has 0 atom stereocenters. The minimum atomic E-state index is -0.253. The van der Waals surface area contributed by atoms with Gasteiger partial charge in [-0.15, -0.1) is 0 Å². The fourth-order valence-corrected chi connectivity index (χ4v) is 3.21. The van der Waals surface area contributed by atoms with Gasteiger partial charge in [-0.3, -0.25) is 14.4 Å². The fourth-order valence-electron chi connectivity index (χ4n) is 3.21. The number of anilines is 1. The van der Waals surface area contributed by atoms with Gasteiger partial charge >= 0.3 is 0 Å². The zero-order chi connectivity index (χ0) is 24.3. The predicted octanol–water partition coefficient (Wildman–Crippen LogP) is 3.73. The third-order valence-electron chi connectivity index (χ3n) is 5.05. The molecule has 7 heteroatoms. The van der Waals surface area contributed by atoms with Crippen molar-refractivity contribution in [1.82, 2.24) is 10.6 Å². The molecular weight excluding hydrogens is 430 g/mol. The topological polar surface area (TPSA) is 96.5 Å². The number of ether oxygens (including phenoxy) is 1. The van der Waals surface area contributed by atoms with Gasteiger partial charge in [0.1, 0.15) is 5.75 Å². The zero-order valence-corrected chi connectivity index (χ0v) is 19.4. The number of carbonyl (C=O) groups excluding carboxylic acids is 3. The quantitative estimate of drug-likeness (QED) is 0.403. The van der Waals surface area contributed by atoms with E-state index in [1.165, 1.54) is 0 Å². The second-order valence-electron chi connectivity index (χ2n) is 7.76. The van der Waals surface area contributed by atoms with Gasteiger partial charge in [0.25, 0.3) is 11.8 Å². The van der Waals surface area contributed by atoms with Gasteiger partial charge in [-0.25, -0.2) is 0 Å². The lowest BCUT2D eigenvalue weighted by atomic mass is 10.1. The van der Waals surface area contributed by atoms with Crippen LogP contribution in [0.4, 0.5) is 5.69 Å². The van der Waals surface area contributed by atoms with E-state index in [9.17, 15) is 14.4 Å². The molecule has 0 saturated heterocycles. The van der Waals surface area contributed by atoms with E-state index in [-0.39, 0.29) is 24.1 Å². The van der Waals surface area contributed by atoms with Crippen molar-refractivity contribution in [1.29, 1.82) is 0 Å². The lowest BCUT2D eigenvalue weighted by Crippen LogP contribution is -2.35. The molecule has 3 aromatic rings. The predicted molar refractivity (Wildman–Crippen MR) is 132 cm³/mol. The van der Waals surface area contributed by atoms with Crippen molar-refractivity contribution in [3.63, 3.8) is 0 Å². The highest BCUT2D eigenvalue weighted by Gasteiger charge is 2.09. The van der Waals surface area contributed by atoms with Crippen LogP contribution in [0, 0.1) is 6.92 Å². The number of hydrogen-bond acceptors (Lipinski definition) is 4. The highest BCUT2D eigenvalue weighted by Crippen LogP contribution is 2.13. The van der Waals surface area contributed by atoms with Gasteiger partial charge in [-0.1, -0.05) is 29.8 Å². The Balaban J connectivity index is 1.38. The van der Waals surface area contributed by atoms with Crippen molar-refractivity contribution in [3.05, 3.63) is 95.1 Å². The van der Waals surface area contributed by atoms with Crippen molar-refractivity contribution in [2.45, 2.75) is 20.3 Å². The molecule has 3 rings (SSSR count). The van der Waals surface area contributed by atoms with Crippen molar-refractivity contribution in [2.75, 3.05) is 25.0 Å². The Kier molecular flexibility index (Phi) is 8.80. The summed E-state index contributed by atoms with van der Waals surface area (Å²) in [5.41, 5.74) is 3.60. The van der Waals surface area contributed by atoms with E-state index in [0.717, 1.165) is 16.9 Å². The summed E-state index contributed by atoms with van der Waals surface area (Å²) in [7, 11) is 0. The van der Waals surface area contributed by atoms with E-state index in [0.29, 0.717) is 36.5 Å². The van der Waals surface area contributed by atoms with Crippen molar-refractivity contribution in [3.8, 4) is 5.75 Å². The standard InChI is InChI=1S/C27H29N3O4/c1-3-34-24-14-6-20(7-15-24)18-25(31)28-16-17-29-26(32)21-10-12-23(13-11-21)30-27(33)22-8-4-19(2)5-9-22/h4-15H,3,16-18H2,1-2H3,(H,28,31)(H,29,32)(H,30,33). The van der Waals surface area contributed by atoms with E-state index < -0.39 is 0 Å². The molecule has 0 aromatic heterocycles. The van der Waals surface area contributed by atoms with E-state index in [4.69, 9.17) is 4.74 Å². The van der Waals surface area contributed by atoms with Crippen LogP contribution in [0.3, 0.4) is 0 Å². The zero-order valence-electron chi connectivity index (χ0n) is 19.4. The smallest absolute Gasteiger partial charge is 0.255 e. The first-order valence-electron chi connectivity index (χ1n) is 11.2. The van der Waals surface area contributed by atoms with Crippen molar-refractivity contribution < 1.29 is 19.1 Å². The highest BCUT2D eigenvalue weighted by molar-refractivity contribution is 6.04. The van der Waals surface area contributed by atoms with Crippen LogP contribution in [0.1, 0.15) is 38.8 Å². The molecule has 3 amide bonds. The first kappa shape index (κ1) is 24.5. The maximum atomic E-state index is 12.3. The van der Waals surface area contributed by atoms with Crippen LogP contribution < -0.4 is 20.7 Å². The van der Waals surface area contributed by atoms with Gasteiger partial charge in [0.2, 0.25) is 5.91 Å². The summed E-state index contributed by atoms with van der Waals surface area (Å²) in [4.78, 5) is 36.7. The normalized spacial score (nSPS) is 10.3. The van der Waals surface area contributed by atoms with Gasteiger partial charge in [0.15, 0.2) is 0 Å². The Morgan fingerprint density at radius 2 is 1.32 bits per heavy atom. The largest absolute Gasteiger partial charge is 0.494 e. The fraction of sp³-hybridized carbons (Fsp3) is 0.222. The van der Waals surface area contributed by atoms with E-state index >= 15 is 0 Å². The maximum Gasteiger partial charge on any atom is 0.255 e. The van der Waals surface area contributed by atoms with Crippen LogP contribution in [-0.4, -0.2) is 37.4 Å². The second kappa shape index (κ2) is 12.2. The summed E-state index contributed by atoms with van der Waals surface area (Å²) >= 11 is 0. The van der Waals surface area contributed by atoms with Crippen LogP contribution in [-0.2, 0) is 11.2 Å². The molecule has 7 nitrogen and oxygen atoms in total. The first-order chi connectivity index (χ1) is 16.4. The van der Waals surface area contributed by atoms with Gasteiger partial charge in [-0.2, -0.15) is 0 Å². The molecule has 0 saturated carbocycles. The number of hydrogen-bond donors (Lipinski definition) is 3. The lowest BCUT2D eigenvalue weighted by molar-refractivity contribution is -0.120. The number of rotatable bonds is 10. The lowest BCUT2D eigenvalue weighted by Gasteiger charge is -2.09. The molecule has 0 bridgehead atoms. The Morgan fingerprint density at radius 3 is 1.97 bits per heavy atom. The Morgan fingerprint density at radius 1 is 0.735 bits per heavy atom. The molecule has 0 aliphatic carbocycles. The van der Waals surface area contributed by atoms with Gasteiger partial charge in [-0.05, 0) is 67.9 Å². The molecule has 0 radical (unpaired) electrons. The van der Waals surface area contributed by atoms with Gasteiger partial charge in [0, 0.05) is 29.9 Å². The molecule has 3 aromatic carbocycles. The summed E-state index contributed by atoms with van der Waals surface area (Å²) in [5.74, 6) is 0.193. The average Bonchev–Trinajstić information content (AvgIpc) is 2.84. The SMILES string of the molecule is CCOc1ccc(CC(=O)NCCNC(=O)c2ccc(NC(=O)c3ccc(C)cc3)cc2)cc1. The molecule has 3 N–H and O–H groups in total. The number of amides is 3. The molecule has 34 heavy (non-hydrogen) atoms. The van der Waals surface area contributed by atoms with E-state index in [1.807, 2.05) is 50.2 Å². The van der Waals surface area contributed by atoms with Crippen LogP contribution in [0.15, 0.2) is 72.8 Å². The summed E-state index contributed by atoms with van der Waals surface area (Å²) < 4.78 is 5.39. The Hall–Kier alpha value is -4.13. The van der Waals surface area contributed by atoms with Gasteiger partial charge in [0.05, 0.1) is 13.0 Å². The van der Waals surface area contributed by atoms with Gasteiger partial charge < -0.3 is 20.7 Å². The number of carbonyl (C=O) groups is 3. The summed E-state index contributed by atoms with van der Waals surface area (Å²) in [6, 6.07) is 21.3. The average molecular weight is 460 g/mol. The van der Waals surface area contributed by atoms with Crippen LogP contribution >= 0.6 is 0 Å². The monoisotopic (exact) mass is 459 g/mol. The minimum Gasteiger partial charge on any atom is -0.494 e. The number of benzene rings is 3. The Bertz CT molecular complexity index is 1110. The molecule has 0 aliphatic rings. The molecule has 0 aliphatic heterocycles. The molecule has 176 valence electrons. The summed E-state index contributed by atoms with van der Waals surface area (Å²) in [6.45, 7) is 5.11. The summed E-state index contributed by atoms with van der Waals surface area (Å²) in [6.07, 6.45) is 0.260. The number of aryl methyl sites for hydroxylation is 1. The minimum absolute atomic E-state index is 0.118. The van der Waals surface area contributed by atoms with E-state index in [1.54, 1.807) is 36.4 Å². The Labute approximate surface area is 199 Å². The second-order valence-corrected chi connectivity index (χ2v) is 7.76. The summed E-state index contributed by atoms with van der Waals surface area (Å²) in [5, 5.41) is 8.38. The third kappa shape index (κ3) is 7.48. The molecule has 0 heterocycles.